The van der Waals surface area contributed by atoms with Crippen LogP contribution in [0.1, 0.15) is 36.0 Å². The highest BCUT2D eigenvalue weighted by Gasteiger charge is 2.55. The Kier molecular flexibility index (Phi) is 5.27. The molecule has 0 amide bonds. The second kappa shape index (κ2) is 8.43. The summed E-state index contributed by atoms with van der Waals surface area (Å²) in [6, 6.07) is 6.44. The maximum absolute atomic E-state index is 13.2. The topological polar surface area (TPSA) is 66.2 Å². The summed E-state index contributed by atoms with van der Waals surface area (Å²) in [7, 11) is 0. The molecule has 1 saturated carbocycles. The molecule has 3 fully saturated rings. The average Bonchev–Trinajstić information content (AvgIpc) is 3.10. The number of anilines is 1. The predicted octanol–water partition coefficient (Wildman–Crippen LogP) is 3.20. The number of nitrogens with zero attached hydrogens (tertiary/aromatic N) is 8. The molecule has 0 atom stereocenters. The maximum Gasteiger partial charge on any atom is 0.225 e. The van der Waals surface area contributed by atoms with Crippen molar-refractivity contribution >= 4 is 17.5 Å². The normalized spacial score (nSPS) is 21.9. The third-order valence-electron chi connectivity index (χ3n) is 8.28. The Morgan fingerprint density at radius 3 is 2.58 bits per heavy atom. The zero-order chi connectivity index (χ0) is 24.4. The Morgan fingerprint density at radius 2 is 1.83 bits per heavy atom. The average molecular weight is 513 g/mol. The van der Waals surface area contributed by atoms with E-state index in [1.54, 1.807) is 0 Å². The Labute approximate surface area is 212 Å². The first-order valence-electron chi connectivity index (χ1n) is 12.5. The predicted molar refractivity (Wildman–Crippen MR) is 130 cm³/mol. The third-order valence-corrected chi connectivity index (χ3v) is 8.51. The summed E-state index contributed by atoms with van der Waals surface area (Å²) in [5, 5.41) is 10.1. The van der Waals surface area contributed by atoms with Crippen molar-refractivity contribution in [2.45, 2.75) is 37.9 Å². The van der Waals surface area contributed by atoms with Crippen LogP contribution in [0, 0.1) is 11.2 Å². The summed E-state index contributed by atoms with van der Waals surface area (Å²) in [6.07, 6.45) is 4.52. The summed E-state index contributed by atoms with van der Waals surface area (Å²) >= 11 is 6.40. The van der Waals surface area contributed by atoms with Gasteiger partial charge in [-0.1, -0.05) is 11.6 Å². The third kappa shape index (κ3) is 3.69. The first-order chi connectivity index (χ1) is 17.5. The van der Waals surface area contributed by atoms with Crippen LogP contribution in [0.4, 0.5) is 14.7 Å². The molecule has 2 aromatic heterocycles. The van der Waals surface area contributed by atoms with Crippen LogP contribution in [0.3, 0.4) is 0 Å². The first kappa shape index (κ1) is 22.5. The summed E-state index contributed by atoms with van der Waals surface area (Å²) in [5.74, 6) is 2.48. The van der Waals surface area contributed by atoms with Crippen molar-refractivity contribution in [1.29, 1.82) is 0 Å². The quantitative estimate of drug-likeness (QED) is 0.520. The van der Waals surface area contributed by atoms with Crippen LogP contribution in [-0.4, -0.2) is 80.0 Å². The molecule has 7 rings (SSSR count). The van der Waals surface area contributed by atoms with Crippen LogP contribution in [0.2, 0.25) is 5.02 Å². The second-order valence-electron chi connectivity index (χ2n) is 10.8. The first-order valence-corrected chi connectivity index (χ1v) is 12.9. The fraction of sp³-hybridized carbons (Fsp3) is 0.520. The van der Waals surface area contributed by atoms with Crippen molar-refractivity contribution in [3.05, 3.63) is 58.6 Å². The molecule has 1 aromatic carbocycles. The number of fused-ring (bicyclic) bond motifs is 3. The maximum atomic E-state index is 13.2. The van der Waals surface area contributed by atoms with Crippen LogP contribution in [-0.2, 0) is 13.1 Å². The molecule has 0 N–H and O–H groups in total. The number of benzene rings is 1. The fourth-order valence-electron chi connectivity index (χ4n) is 6.45. The van der Waals surface area contributed by atoms with E-state index < -0.39 is 5.82 Å². The minimum absolute atomic E-state index is 0.236. The van der Waals surface area contributed by atoms with Gasteiger partial charge in [0.15, 0.2) is 11.6 Å². The van der Waals surface area contributed by atoms with Gasteiger partial charge in [-0.25, -0.2) is 18.7 Å². The van der Waals surface area contributed by atoms with Gasteiger partial charge >= 0.3 is 0 Å². The van der Waals surface area contributed by atoms with Crippen LogP contribution in [0.25, 0.3) is 5.69 Å². The van der Waals surface area contributed by atoms with Gasteiger partial charge in [-0.05, 0) is 36.6 Å². The van der Waals surface area contributed by atoms with E-state index in [1.165, 1.54) is 18.0 Å². The lowest BCUT2D eigenvalue weighted by molar-refractivity contribution is 0.0203. The molecular formula is C25H27ClF2N8. The standard InChI is InChI=1S/C25H27ClF2N8/c26-18-1-2-21-16(5-18)10-34(20-11-33(12-20)4-3-27)13-22-31-32-23(36(21)22)17-6-25(7-17)14-35(15-25)24-29-8-19(28)9-30-24/h1-2,5,8-9,17,20H,3-4,6-7,10-15H2. The summed E-state index contributed by atoms with van der Waals surface area (Å²) in [5.41, 5.74) is 2.51. The number of hydrogen-bond donors (Lipinski definition) is 0. The van der Waals surface area contributed by atoms with E-state index >= 15 is 0 Å². The minimum Gasteiger partial charge on any atom is -0.340 e. The van der Waals surface area contributed by atoms with Crippen LogP contribution < -0.4 is 4.90 Å². The number of hydrogen-bond acceptors (Lipinski definition) is 7. The largest absolute Gasteiger partial charge is 0.340 e. The van der Waals surface area contributed by atoms with Crippen LogP contribution in [0.15, 0.2) is 30.6 Å². The molecule has 188 valence electrons. The van der Waals surface area contributed by atoms with Gasteiger partial charge in [0, 0.05) is 61.7 Å². The van der Waals surface area contributed by atoms with Crippen molar-refractivity contribution in [1.82, 2.24) is 34.5 Å². The molecule has 4 aliphatic rings. The highest BCUT2D eigenvalue weighted by Crippen LogP contribution is 2.56. The molecule has 11 heteroatoms. The van der Waals surface area contributed by atoms with Gasteiger partial charge in [0.05, 0.1) is 24.6 Å². The fourth-order valence-corrected chi connectivity index (χ4v) is 6.64. The molecule has 36 heavy (non-hydrogen) atoms. The number of rotatable bonds is 5. The molecule has 2 saturated heterocycles. The summed E-state index contributed by atoms with van der Waals surface area (Å²) < 4.78 is 28.2. The van der Waals surface area contributed by atoms with Gasteiger partial charge < -0.3 is 4.90 Å². The molecule has 0 bridgehead atoms. The molecule has 3 aromatic rings. The summed E-state index contributed by atoms with van der Waals surface area (Å²) in [6.45, 7) is 5.21. The molecule has 5 heterocycles. The highest BCUT2D eigenvalue weighted by atomic mass is 35.5. The molecule has 3 aliphatic heterocycles. The van der Waals surface area contributed by atoms with Crippen molar-refractivity contribution < 1.29 is 8.78 Å². The lowest BCUT2D eigenvalue weighted by Crippen LogP contribution is -2.62. The zero-order valence-electron chi connectivity index (χ0n) is 19.8. The Morgan fingerprint density at radius 1 is 1.06 bits per heavy atom. The highest BCUT2D eigenvalue weighted by molar-refractivity contribution is 6.30. The molecule has 0 radical (unpaired) electrons. The van der Waals surface area contributed by atoms with Crippen molar-refractivity contribution in [2.75, 3.05) is 44.3 Å². The Balaban J connectivity index is 1.10. The van der Waals surface area contributed by atoms with E-state index in [4.69, 9.17) is 11.6 Å². The van der Waals surface area contributed by atoms with E-state index in [9.17, 15) is 8.78 Å². The smallest absolute Gasteiger partial charge is 0.225 e. The molecular weight excluding hydrogens is 486 g/mol. The Bertz CT molecular complexity index is 1280. The number of alkyl halides is 1. The minimum atomic E-state index is -0.417. The van der Waals surface area contributed by atoms with E-state index in [-0.39, 0.29) is 12.1 Å². The monoisotopic (exact) mass is 512 g/mol. The van der Waals surface area contributed by atoms with E-state index in [0.29, 0.717) is 31.0 Å². The molecule has 8 nitrogen and oxygen atoms in total. The number of halogens is 3. The van der Waals surface area contributed by atoms with Gasteiger partial charge in [-0.2, -0.15) is 0 Å². The molecule has 0 unspecified atom stereocenters. The lowest BCUT2D eigenvalue weighted by atomic mass is 9.57. The van der Waals surface area contributed by atoms with E-state index in [2.05, 4.69) is 51.6 Å². The SMILES string of the molecule is FCCN1CC(N2Cc3cc(Cl)ccc3-n3c(nnc3C3CC4(C3)CN(c3ncc(F)cn3)C4)C2)C1. The van der Waals surface area contributed by atoms with E-state index in [1.807, 2.05) is 6.07 Å². The second-order valence-corrected chi connectivity index (χ2v) is 11.2. The van der Waals surface area contributed by atoms with E-state index in [0.717, 1.165) is 67.9 Å². The summed E-state index contributed by atoms with van der Waals surface area (Å²) in [4.78, 5) is 14.9. The Hall–Kier alpha value is -2.69. The number of aromatic nitrogens is 5. The van der Waals surface area contributed by atoms with Gasteiger partial charge in [0.25, 0.3) is 0 Å². The zero-order valence-corrected chi connectivity index (χ0v) is 20.6. The van der Waals surface area contributed by atoms with Crippen LogP contribution in [0.5, 0.6) is 0 Å². The van der Waals surface area contributed by atoms with Crippen molar-refractivity contribution in [2.24, 2.45) is 5.41 Å². The molecule has 1 aliphatic carbocycles. The van der Waals surface area contributed by atoms with Gasteiger partial charge in [0.2, 0.25) is 5.95 Å². The van der Waals surface area contributed by atoms with Crippen LogP contribution >= 0.6 is 11.6 Å². The lowest BCUT2D eigenvalue weighted by Gasteiger charge is -2.58. The van der Waals surface area contributed by atoms with Crippen molar-refractivity contribution in [3.63, 3.8) is 0 Å². The van der Waals surface area contributed by atoms with Gasteiger partial charge in [-0.3, -0.25) is 14.4 Å². The molecule has 1 spiro atoms. The number of likely N-dealkylation sites (tertiary alicyclic amines) is 1. The van der Waals surface area contributed by atoms with Gasteiger partial charge in [-0.15, -0.1) is 10.2 Å². The van der Waals surface area contributed by atoms with Gasteiger partial charge in [0.1, 0.15) is 12.5 Å². The van der Waals surface area contributed by atoms with Crippen molar-refractivity contribution in [3.8, 4) is 5.69 Å².